The third-order valence-corrected chi connectivity index (χ3v) is 4.48. The predicted octanol–water partition coefficient (Wildman–Crippen LogP) is 3.71. The number of carbonyl (C=O) groups is 1. The molecule has 0 aliphatic carbocycles. The second-order valence-corrected chi connectivity index (χ2v) is 6.58. The first-order chi connectivity index (χ1) is 14.8. The van der Waals surface area contributed by atoms with Crippen molar-refractivity contribution >= 4 is 11.6 Å². The third kappa shape index (κ3) is 3.58. The molecular formula is C22H16N4O4. The van der Waals surface area contributed by atoms with Crippen molar-refractivity contribution in [2.24, 2.45) is 0 Å². The average molecular weight is 400 g/mol. The highest BCUT2D eigenvalue weighted by atomic mass is 16.5. The van der Waals surface area contributed by atoms with E-state index in [1.807, 2.05) is 36.4 Å². The number of para-hydroxylation sites is 1. The molecule has 5 rings (SSSR count). The SMILES string of the molecule is O=C1COc2c(cccc2-c2nc(-c3cccc(OCc4ccccc4)n3)no2)N1. The van der Waals surface area contributed by atoms with Gasteiger partial charge in [0.1, 0.15) is 12.3 Å². The quantitative estimate of drug-likeness (QED) is 0.545. The summed E-state index contributed by atoms with van der Waals surface area (Å²) in [6, 6.07) is 20.5. The van der Waals surface area contributed by atoms with Crippen LogP contribution < -0.4 is 14.8 Å². The van der Waals surface area contributed by atoms with Gasteiger partial charge in [-0.05, 0) is 23.8 Å². The number of rotatable bonds is 5. The number of fused-ring (bicyclic) bond motifs is 1. The van der Waals surface area contributed by atoms with Crippen LogP contribution >= 0.6 is 0 Å². The number of carbonyl (C=O) groups excluding carboxylic acids is 1. The zero-order chi connectivity index (χ0) is 20.3. The molecule has 0 spiro atoms. The van der Waals surface area contributed by atoms with Gasteiger partial charge in [-0.15, -0.1) is 0 Å². The van der Waals surface area contributed by atoms with Crippen molar-refractivity contribution in [3.63, 3.8) is 0 Å². The summed E-state index contributed by atoms with van der Waals surface area (Å²) in [7, 11) is 0. The van der Waals surface area contributed by atoms with E-state index in [0.29, 0.717) is 41.0 Å². The number of hydrogen-bond acceptors (Lipinski definition) is 7. The first kappa shape index (κ1) is 17.9. The van der Waals surface area contributed by atoms with Crippen LogP contribution in [0.1, 0.15) is 5.56 Å². The highest BCUT2D eigenvalue weighted by Gasteiger charge is 2.23. The van der Waals surface area contributed by atoms with Gasteiger partial charge in [-0.1, -0.05) is 47.6 Å². The van der Waals surface area contributed by atoms with E-state index in [2.05, 4.69) is 20.4 Å². The second kappa shape index (κ2) is 7.67. The van der Waals surface area contributed by atoms with Gasteiger partial charge in [0.05, 0.1) is 11.3 Å². The normalized spacial score (nSPS) is 12.6. The Morgan fingerprint density at radius 3 is 2.73 bits per heavy atom. The molecular weight excluding hydrogens is 384 g/mol. The zero-order valence-corrected chi connectivity index (χ0v) is 15.7. The zero-order valence-electron chi connectivity index (χ0n) is 15.7. The molecule has 1 aliphatic heterocycles. The smallest absolute Gasteiger partial charge is 0.262 e. The maximum absolute atomic E-state index is 11.5. The van der Waals surface area contributed by atoms with Gasteiger partial charge in [-0.2, -0.15) is 4.98 Å². The summed E-state index contributed by atoms with van der Waals surface area (Å²) in [6.07, 6.45) is 0. The van der Waals surface area contributed by atoms with Crippen LogP contribution in [0.4, 0.5) is 5.69 Å². The van der Waals surface area contributed by atoms with Crippen molar-refractivity contribution in [1.29, 1.82) is 0 Å². The lowest BCUT2D eigenvalue weighted by Gasteiger charge is -2.19. The fourth-order valence-electron chi connectivity index (χ4n) is 3.07. The summed E-state index contributed by atoms with van der Waals surface area (Å²) in [4.78, 5) is 20.4. The first-order valence-corrected chi connectivity index (χ1v) is 9.30. The summed E-state index contributed by atoms with van der Waals surface area (Å²) in [5.74, 6) is 1.36. The average Bonchev–Trinajstić information content (AvgIpc) is 3.28. The van der Waals surface area contributed by atoms with E-state index in [4.69, 9.17) is 14.0 Å². The number of benzene rings is 2. The Hall–Kier alpha value is -4.20. The largest absolute Gasteiger partial charge is 0.481 e. The first-order valence-electron chi connectivity index (χ1n) is 9.30. The van der Waals surface area contributed by atoms with E-state index in [9.17, 15) is 4.79 Å². The van der Waals surface area contributed by atoms with Crippen molar-refractivity contribution in [1.82, 2.24) is 15.1 Å². The van der Waals surface area contributed by atoms with Gasteiger partial charge < -0.3 is 19.3 Å². The fraction of sp³-hybridized carbons (Fsp3) is 0.0909. The maximum atomic E-state index is 11.5. The molecule has 0 unspecified atom stereocenters. The fourth-order valence-corrected chi connectivity index (χ4v) is 3.07. The van der Waals surface area contributed by atoms with Crippen LogP contribution in [0.25, 0.3) is 23.0 Å². The van der Waals surface area contributed by atoms with E-state index >= 15 is 0 Å². The molecule has 0 fully saturated rings. The van der Waals surface area contributed by atoms with Gasteiger partial charge in [-0.25, -0.2) is 4.98 Å². The van der Waals surface area contributed by atoms with E-state index in [-0.39, 0.29) is 18.4 Å². The number of aromatic nitrogens is 3. The van der Waals surface area contributed by atoms with Crippen molar-refractivity contribution in [2.45, 2.75) is 6.61 Å². The molecule has 1 N–H and O–H groups in total. The molecule has 0 bridgehead atoms. The minimum absolute atomic E-state index is 0.0621. The van der Waals surface area contributed by atoms with Crippen LogP contribution in [0.3, 0.4) is 0 Å². The molecule has 0 saturated heterocycles. The van der Waals surface area contributed by atoms with E-state index < -0.39 is 0 Å². The minimum Gasteiger partial charge on any atom is -0.481 e. The standard InChI is InChI=1S/C22H16N4O4/c27-18-13-29-20-15(8-4-9-16(20)23-18)22-25-21(26-30-22)17-10-5-11-19(24-17)28-12-14-6-2-1-3-7-14/h1-11H,12-13H2,(H,23,27). The molecule has 0 saturated carbocycles. The van der Waals surface area contributed by atoms with Crippen molar-refractivity contribution in [3.8, 4) is 34.6 Å². The molecule has 8 nitrogen and oxygen atoms in total. The Bertz CT molecular complexity index is 1210. The van der Waals surface area contributed by atoms with Crippen LogP contribution in [0.5, 0.6) is 11.6 Å². The van der Waals surface area contributed by atoms with Gasteiger partial charge in [0.25, 0.3) is 11.8 Å². The van der Waals surface area contributed by atoms with Crippen LogP contribution in [0, 0.1) is 0 Å². The number of pyridine rings is 1. The summed E-state index contributed by atoms with van der Waals surface area (Å²) in [5, 5.41) is 6.80. The number of ether oxygens (including phenoxy) is 2. The molecule has 4 aromatic rings. The Balaban J connectivity index is 1.39. The molecule has 1 aliphatic rings. The molecule has 8 heteroatoms. The van der Waals surface area contributed by atoms with E-state index in [1.165, 1.54) is 0 Å². The van der Waals surface area contributed by atoms with Crippen molar-refractivity contribution < 1.29 is 18.8 Å². The molecule has 148 valence electrons. The highest BCUT2D eigenvalue weighted by molar-refractivity contribution is 5.97. The molecule has 2 aromatic carbocycles. The summed E-state index contributed by atoms with van der Waals surface area (Å²) >= 11 is 0. The molecule has 2 aromatic heterocycles. The van der Waals surface area contributed by atoms with Gasteiger partial charge in [0.2, 0.25) is 11.7 Å². The predicted molar refractivity (Wildman–Crippen MR) is 108 cm³/mol. The number of hydrogen-bond donors (Lipinski definition) is 1. The van der Waals surface area contributed by atoms with Gasteiger partial charge in [0, 0.05) is 6.07 Å². The van der Waals surface area contributed by atoms with E-state index in [1.54, 1.807) is 30.3 Å². The summed E-state index contributed by atoms with van der Waals surface area (Å²) in [6.45, 7) is 0.349. The lowest BCUT2D eigenvalue weighted by Crippen LogP contribution is -2.25. The Morgan fingerprint density at radius 1 is 0.967 bits per heavy atom. The summed E-state index contributed by atoms with van der Waals surface area (Å²) in [5.41, 5.74) is 2.74. The van der Waals surface area contributed by atoms with Crippen LogP contribution in [0.2, 0.25) is 0 Å². The Kier molecular flexibility index (Phi) is 4.57. The number of amides is 1. The van der Waals surface area contributed by atoms with Crippen LogP contribution in [-0.4, -0.2) is 27.6 Å². The molecule has 1 amide bonds. The third-order valence-electron chi connectivity index (χ3n) is 4.48. The maximum Gasteiger partial charge on any atom is 0.262 e. The van der Waals surface area contributed by atoms with Gasteiger partial charge in [-0.3, -0.25) is 4.79 Å². The molecule has 30 heavy (non-hydrogen) atoms. The number of nitrogens with one attached hydrogen (secondary N) is 1. The monoisotopic (exact) mass is 400 g/mol. The Morgan fingerprint density at radius 2 is 1.83 bits per heavy atom. The van der Waals surface area contributed by atoms with Gasteiger partial charge in [0.15, 0.2) is 12.4 Å². The highest BCUT2D eigenvalue weighted by Crippen LogP contribution is 2.38. The lowest BCUT2D eigenvalue weighted by atomic mass is 10.1. The molecule has 3 heterocycles. The van der Waals surface area contributed by atoms with Gasteiger partial charge >= 0.3 is 0 Å². The van der Waals surface area contributed by atoms with Crippen LogP contribution in [0.15, 0.2) is 71.3 Å². The molecule has 0 atom stereocenters. The number of anilines is 1. The topological polar surface area (TPSA) is 99.4 Å². The lowest BCUT2D eigenvalue weighted by molar-refractivity contribution is -0.118. The number of nitrogens with zero attached hydrogens (tertiary/aromatic N) is 3. The Labute approximate surface area is 171 Å². The molecule has 0 radical (unpaired) electrons. The minimum atomic E-state index is -0.206. The van der Waals surface area contributed by atoms with Crippen LogP contribution in [-0.2, 0) is 11.4 Å². The van der Waals surface area contributed by atoms with E-state index in [0.717, 1.165) is 5.56 Å². The van der Waals surface area contributed by atoms with Crippen molar-refractivity contribution in [2.75, 3.05) is 11.9 Å². The second-order valence-electron chi connectivity index (χ2n) is 6.58. The summed E-state index contributed by atoms with van der Waals surface area (Å²) < 4.78 is 16.8. The van der Waals surface area contributed by atoms with Crippen molar-refractivity contribution in [3.05, 3.63) is 72.3 Å².